The number of nitrogens with zero attached hydrogens (tertiary/aromatic N) is 1. The van der Waals surface area contributed by atoms with E-state index in [0.29, 0.717) is 26.1 Å². The Kier molecular flexibility index (Phi) is 4.86. The minimum absolute atomic E-state index is 0.0847. The summed E-state index contributed by atoms with van der Waals surface area (Å²) in [5, 5.41) is 7.15. The number of rotatable bonds is 6. The summed E-state index contributed by atoms with van der Waals surface area (Å²) in [7, 11) is 0. The molecule has 2 rings (SSSR count). The summed E-state index contributed by atoms with van der Waals surface area (Å²) in [5.74, 6) is 0.0847. The Morgan fingerprint density at radius 1 is 1.21 bits per heavy atom. The normalized spacial score (nSPS) is 10.6. The molecule has 4 nitrogen and oxygen atoms in total. The van der Waals surface area contributed by atoms with Crippen molar-refractivity contribution in [1.82, 2.24) is 15.6 Å². The minimum Gasteiger partial charge on any atom is -0.356 e. The number of aromatic nitrogens is 1. The molecule has 1 heterocycles. The predicted octanol–water partition coefficient (Wildman–Crippen LogP) is 1.85. The number of amides is 1. The van der Waals surface area contributed by atoms with Crippen LogP contribution in [0.4, 0.5) is 0 Å². The van der Waals surface area contributed by atoms with Crippen molar-refractivity contribution in [2.75, 3.05) is 13.1 Å². The molecule has 0 aliphatic carbocycles. The highest BCUT2D eigenvalue weighted by Crippen LogP contribution is 2.11. The van der Waals surface area contributed by atoms with Crippen LogP contribution >= 0.6 is 0 Å². The van der Waals surface area contributed by atoms with Gasteiger partial charge in [0.25, 0.3) is 0 Å². The maximum absolute atomic E-state index is 11.3. The number of carbonyl (C=O) groups is 1. The number of nitrogens with one attached hydrogen (secondary N) is 2. The molecule has 1 amide bonds. The van der Waals surface area contributed by atoms with E-state index in [9.17, 15) is 4.79 Å². The van der Waals surface area contributed by atoms with E-state index >= 15 is 0 Å². The first-order valence-corrected chi connectivity index (χ1v) is 6.61. The standard InChI is InChI=1S/C15H19N3O/c1-2-17-15(19)9-10-16-11-13-8-7-12-5-3-4-6-14(12)18-13/h3-8,16H,2,9-11H2,1H3,(H,17,19). The molecular formula is C15H19N3O. The first-order chi connectivity index (χ1) is 9.29. The molecule has 0 saturated heterocycles. The van der Waals surface area contributed by atoms with Crippen LogP contribution < -0.4 is 10.6 Å². The van der Waals surface area contributed by atoms with Gasteiger partial charge in [-0.1, -0.05) is 24.3 Å². The number of benzene rings is 1. The molecule has 0 radical (unpaired) electrons. The third kappa shape index (κ3) is 4.03. The van der Waals surface area contributed by atoms with Gasteiger partial charge in [0.05, 0.1) is 11.2 Å². The van der Waals surface area contributed by atoms with Gasteiger partial charge in [-0.25, -0.2) is 0 Å². The molecule has 0 saturated carbocycles. The minimum atomic E-state index is 0.0847. The molecule has 1 aromatic carbocycles. The average Bonchev–Trinajstić information content (AvgIpc) is 2.44. The highest BCUT2D eigenvalue weighted by Gasteiger charge is 2.00. The van der Waals surface area contributed by atoms with Crippen molar-refractivity contribution < 1.29 is 4.79 Å². The second-order valence-corrected chi connectivity index (χ2v) is 4.38. The van der Waals surface area contributed by atoms with Crippen molar-refractivity contribution in [3.63, 3.8) is 0 Å². The Bertz CT molecular complexity index is 554. The van der Waals surface area contributed by atoms with Gasteiger partial charge in [-0.2, -0.15) is 0 Å². The van der Waals surface area contributed by atoms with E-state index in [1.807, 2.05) is 31.2 Å². The molecule has 0 aliphatic rings. The summed E-state index contributed by atoms with van der Waals surface area (Å²) >= 11 is 0. The third-order valence-electron chi connectivity index (χ3n) is 2.86. The largest absolute Gasteiger partial charge is 0.356 e. The molecular weight excluding hydrogens is 238 g/mol. The molecule has 1 aromatic heterocycles. The number of hydrogen-bond donors (Lipinski definition) is 2. The van der Waals surface area contributed by atoms with E-state index in [1.54, 1.807) is 0 Å². The second-order valence-electron chi connectivity index (χ2n) is 4.38. The van der Waals surface area contributed by atoms with Crippen LogP contribution in [0.3, 0.4) is 0 Å². The zero-order chi connectivity index (χ0) is 13.5. The number of hydrogen-bond acceptors (Lipinski definition) is 3. The second kappa shape index (κ2) is 6.85. The maximum atomic E-state index is 11.3. The number of carbonyl (C=O) groups excluding carboxylic acids is 1. The third-order valence-corrected chi connectivity index (χ3v) is 2.86. The van der Waals surface area contributed by atoms with Gasteiger partial charge in [0.1, 0.15) is 0 Å². The smallest absolute Gasteiger partial charge is 0.221 e. The predicted molar refractivity (Wildman–Crippen MR) is 76.8 cm³/mol. The molecule has 19 heavy (non-hydrogen) atoms. The molecule has 0 atom stereocenters. The van der Waals surface area contributed by atoms with E-state index < -0.39 is 0 Å². The fourth-order valence-corrected chi connectivity index (χ4v) is 1.91. The average molecular weight is 257 g/mol. The summed E-state index contributed by atoms with van der Waals surface area (Å²) in [4.78, 5) is 15.8. The van der Waals surface area contributed by atoms with Crippen LogP contribution in [-0.4, -0.2) is 24.0 Å². The molecule has 0 fully saturated rings. The fraction of sp³-hybridized carbons (Fsp3) is 0.333. The van der Waals surface area contributed by atoms with Crippen molar-refractivity contribution in [2.24, 2.45) is 0 Å². The molecule has 0 spiro atoms. The maximum Gasteiger partial charge on any atom is 0.221 e. The van der Waals surface area contributed by atoms with Crippen LogP contribution in [0.2, 0.25) is 0 Å². The first kappa shape index (κ1) is 13.5. The molecule has 2 aromatic rings. The molecule has 100 valence electrons. The van der Waals surface area contributed by atoms with Crippen LogP contribution in [0.25, 0.3) is 10.9 Å². The monoisotopic (exact) mass is 257 g/mol. The van der Waals surface area contributed by atoms with Crippen molar-refractivity contribution in [2.45, 2.75) is 19.9 Å². The van der Waals surface area contributed by atoms with E-state index in [0.717, 1.165) is 16.6 Å². The highest BCUT2D eigenvalue weighted by molar-refractivity contribution is 5.78. The summed E-state index contributed by atoms with van der Waals surface area (Å²) in [6.07, 6.45) is 0.501. The quantitative estimate of drug-likeness (QED) is 0.777. The molecule has 0 unspecified atom stereocenters. The van der Waals surface area contributed by atoms with Crippen molar-refractivity contribution in [1.29, 1.82) is 0 Å². The Labute approximate surface area is 113 Å². The molecule has 2 N–H and O–H groups in total. The molecule has 4 heteroatoms. The zero-order valence-electron chi connectivity index (χ0n) is 11.1. The van der Waals surface area contributed by atoms with E-state index in [1.165, 1.54) is 0 Å². The van der Waals surface area contributed by atoms with Gasteiger partial charge in [0.15, 0.2) is 0 Å². The van der Waals surface area contributed by atoms with Gasteiger partial charge in [-0.05, 0) is 19.1 Å². The lowest BCUT2D eigenvalue weighted by atomic mass is 10.2. The van der Waals surface area contributed by atoms with E-state index in [-0.39, 0.29) is 5.91 Å². The van der Waals surface area contributed by atoms with Crippen LogP contribution in [-0.2, 0) is 11.3 Å². The lowest BCUT2D eigenvalue weighted by Gasteiger charge is -2.05. The van der Waals surface area contributed by atoms with Crippen LogP contribution in [0, 0.1) is 0 Å². The van der Waals surface area contributed by atoms with Crippen molar-refractivity contribution in [3.8, 4) is 0 Å². The van der Waals surface area contributed by atoms with E-state index in [2.05, 4.69) is 27.8 Å². The van der Waals surface area contributed by atoms with Gasteiger partial charge in [0, 0.05) is 31.4 Å². The molecule has 0 bridgehead atoms. The number of para-hydroxylation sites is 1. The Morgan fingerprint density at radius 2 is 2.05 bits per heavy atom. The van der Waals surface area contributed by atoms with Gasteiger partial charge < -0.3 is 10.6 Å². The van der Waals surface area contributed by atoms with Crippen LogP contribution in [0.5, 0.6) is 0 Å². The first-order valence-electron chi connectivity index (χ1n) is 6.61. The van der Waals surface area contributed by atoms with Gasteiger partial charge in [-0.3, -0.25) is 9.78 Å². The van der Waals surface area contributed by atoms with E-state index in [4.69, 9.17) is 0 Å². The van der Waals surface area contributed by atoms with Crippen LogP contribution in [0.15, 0.2) is 36.4 Å². The summed E-state index contributed by atoms with van der Waals surface area (Å²) in [5.41, 5.74) is 2.00. The zero-order valence-corrected chi connectivity index (χ0v) is 11.1. The molecule has 0 aliphatic heterocycles. The van der Waals surface area contributed by atoms with Gasteiger partial charge >= 0.3 is 0 Å². The van der Waals surface area contributed by atoms with Gasteiger partial charge in [-0.15, -0.1) is 0 Å². The summed E-state index contributed by atoms with van der Waals surface area (Å²) in [6.45, 7) is 3.96. The lowest BCUT2D eigenvalue weighted by Crippen LogP contribution is -2.27. The highest BCUT2D eigenvalue weighted by atomic mass is 16.1. The topological polar surface area (TPSA) is 54.0 Å². The Balaban J connectivity index is 1.83. The Morgan fingerprint density at radius 3 is 2.89 bits per heavy atom. The van der Waals surface area contributed by atoms with Crippen molar-refractivity contribution in [3.05, 3.63) is 42.1 Å². The van der Waals surface area contributed by atoms with Crippen LogP contribution in [0.1, 0.15) is 19.0 Å². The summed E-state index contributed by atoms with van der Waals surface area (Å²) in [6, 6.07) is 12.1. The fourth-order valence-electron chi connectivity index (χ4n) is 1.91. The lowest BCUT2D eigenvalue weighted by molar-refractivity contribution is -0.120. The Hall–Kier alpha value is -1.94. The van der Waals surface area contributed by atoms with Crippen molar-refractivity contribution >= 4 is 16.8 Å². The number of pyridine rings is 1. The summed E-state index contributed by atoms with van der Waals surface area (Å²) < 4.78 is 0. The van der Waals surface area contributed by atoms with Gasteiger partial charge in [0.2, 0.25) is 5.91 Å². The number of fused-ring (bicyclic) bond motifs is 1. The SMILES string of the molecule is CCNC(=O)CCNCc1ccc2ccccc2n1.